The number of carbonyl (C=O) groups is 2. The van der Waals surface area contributed by atoms with Crippen molar-refractivity contribution in [2.24, 2.45) is 5.92 Å². The largest absolute Gasteiger partial charge is 0.340 e. The monoisotopic (exact) mass is 381 g/mol. The summed E-state index contributed by atoms with van der Waals surface area (Å²) < 4.78 is 0. The van der Waals surface area contributed by atoms with Gasteiger partial charge in [-0.3, -0.25) is 9.59 Å². The molecule has 1 aromatic carbocycles. The maximum absolute atomic E-state index is 13.1. The summed E-state index contributed by atoms with van der Waals surface area (Å²) in [5.74, 6) is 0.436. The highest BCUT2D eigenvalue weighted by Crippen LogP contribution is 2.14. The molecule has 1 saturated heterocycles. The van der Waals surface area contributed by atoms with Gasteiger partial charge in [-0.05, 0) is 30.5 Å². The average molecular weight is 381 g/mol. The molecular formula is C21H27N5O2. The summed E-state index contributed by atoms with van der Waals surface area (Å²) in [6, 6.07) is 8.64. The van der Waals surface area contributed by atoms with E-state index in [2.05, 4.69) is 20.2 Å². The second-order valence-corrected chi connectivity index (χ2v) is 7.37. The van der Waals surface area contributed by atoms with Gasteiger partial charge in [0, 0.05) is 44.1 Å². The molecule has 0 spiro atoms. The summed E-state index contributed by atoms with van der Waals surface area (Å²) in [5.41, 5.74) is 1.50. The van der Waals surface area contributed by atoms with Crippen molar-refractivity contribution in [2.75, 3.05) is 31.1 Å². The highest BCUT2D eigenvalue weighted by molar-refractivity contribution is 5.98. The second-order valence-electron chi connectivity index (χ2n) is 7.37. The first-order chi connectivity index (χ1) is 13.5. The van der Waals surface area contributed by atoms with Crippen molar-refractivity contribution in [3.05, 3.63) is 53.9 Å². The summed E-state index contributed by atoms with van der Waals surface area (Å²) in [6.45, 7) is 8.31. The molecule has 3 rings (SSSR count). The molecule has 28 heavy (non-hydrogen) atoms. The van der Waals surface area contributed by atoms with Crippen molar-refractivity contribution in [3.63, 3.8) is 0 Å². The van der Waals surface area contributed by atoms with Gasteiger partial charge in [0.15, 0.2) is 0 Å². The van der Waals surface area contributed by atoms with Gasteiger partial charge >= 0.3 is 0 Å². The third-order valence-corrected chi connectivity index (χ3v) is 5.04. The third-order valence-electron chi connectivity index (χ3n) is 5.04. The van der Waals surface area contributed by atoms with E-state index in [1.54, 1.807) is 24.5 Å². The fraction of sp³-hybridized carbons (Fsp3) is 0.429. The lowest BCUT2D eigenvalue weighted by molar-refractivity contribution is -0.134. The van der Waals surface area contributed by atoms with Crippen LogP contribution in [0, 0.1) is 12.8 Å². The van der Waals surface area contributed by atoms with Gasteiger partial charge in [0.25, 0.3) is 5.91 Å². The van der Waals surface area contributed by atoms with Gasteiger partial charge < -0.3 is 15.1 Å². The molecule has 7 heteroatoms. The number of amides is 2. The topological polar surface area (TPSA) is 78.4 Å². The van der Waals surface area contributed by atoms with Crippen molar-refractivity contribution in [3.8, 4) is 0 Å². The summed E-state index contributed by atoms with van der Waals surface area (Å²) in [7, 11) is 0. The van der Waals surface area contributed by atoms with Gasteiger partial charge in [0.05, 0.1) is 0 Å². The number of carbonyl (C=O) groups excluding carboxylic acids is 2. The van der Waals surface area contributed by atoms with Gasteiger partial charge in [-0.15, -0.1) is 0 Å². The average Bonchev–Trinajstić information content (AvgIpc) is 2.72. The maximum Gasteiger partial charge on any atom is 0.252 e. The Kier molecular flexibility index (Phi) is 6.23. The molecule has 1 aliphatic rings. The number of hydrogen-bond acceptors (Lipinski definition) is 5. The summed E-state index contributed by atoms with van der Waals surface area (Å²) >= 11 is 0. The molecule has 1 aliphatic heterocycles. The predicted octanol–water partition coefficient (Wildman–Crippen LogP) is 1.89. The van der Waals surface area contributed by atoms with Crippen LogP contribution in [-0.4, -0.2) is 58.9 Å². The zero-order valence-electron chi connectivity index (χ0n) is 16.6. The van der Waals surface area contributed by atoms with Crippen molar-refractivity contribution >= 4 is 17.8 Å². The summed E-state index contributed by atoms with van der Waals surface area (Å²) in [5, 5.41) is 2.95. The van der Waals surface area contributed by atoms with Crippen molar-refractivity contribution in [1.82, 2.24) is 20.2 Å². The predicted molar refractivity (Wildman–Crippen MR) is 108 cm³/mol. The summed E-state index contributed by atoms with van der Waals surface area (Å²) in [6.07, 6.45) is 3.44. The van der Waals surface area contributed by atoms with E-state index in [0.717, 1.165) is 5.56 Å². The van der Waals surface area contributed by atoms with Crippen LogP contribution in [-0.2, 0) is 4.79 Å². The molecule has 0 aliphatic carbocycles. The van der Waals surface area contributed by atoms with Crippen molar-refractivity contribution in [1.29, 1.82) is 0 Å². The highest BCUT2D eigenvalue weighted by Gasteiger charge is 2.31. The Morgan fingerprint density at radius 1 is 1.00 bits per heavy atom. The van der Waals surface area contributed by atoms with Gasteiger partial charge in [-0.25, -0.2) is 9.97 Å². The molecule has 1 fully saturated rings. The van der Waals surface area contributed by atoms with E-state index in [9.17, 15) is 9.59 Å². The van der Waals surface area contributed by atoms with Crippen LogP contribution in [0.5, 0.6) is 0 Å². The normalized spacial score (nSPS) is 15.4. The SMILES string of the molecule is Cc1ccccc1C(=O)NC(C(=O)N1CCN(c2ncccn2)CC1)C(C)C. The van der Waals surface area contributed by atoms with Crippen LogP contribution in [0.1, 0.15) is 29.8 Å². The van der Waals surface area contributed by atoms with E-state index < -0.39 is 6.04 Å². The Morgan fingerprint density at radius 3 is 2.25 bits per heavy atom. The lowest BCUT2D eigenvalue weighted by Crippen LogP contribution is -2.56. The Hall–Kier alpha value is -2.96. The number of benzene rings is 1. The molecule has 0 bridgehead atoms. The van der Waals surface area contributed by atoms with Crippen molar-refractivity contribution < 1.29 is 9.59 Å². The molecule has 2 amide bonds. The third kappa shape index (κ3) is 4.47. The molecule has 2 aromatic rings. The number of aromatic nitrogens is 2. The second kappa shape index (κ2) is 8.82. The molecule has 0 saturated carbocycles. The first kappa shape index (κ1) is 19.8. The number of piperazine rings is 1. The van der Waals surface area contributed by atoms with Gasteiger partial charge in [-0.2, -0.15) is 0 Å². The Morgan fingerprint density at radius 2 is 1.64 bits per heavy atom. The number of rotatable bonds is 5. The Bertz CT molecular complexity index is 817. The van der Waals surface area contributed by atoms with E-state index in [1.165, 1.54) is 0 Å². The Labute approximate surface area is 165 Å². The fourth-order valence-corrected chi connectivity index (χ4v) is 3.34. The lowest BCUT2D eigenvalue weighted by atomic mass is 10.0. The number of aryl methyl sites for hydroxylation is 1. The quantitative estimate of drug-likeness (QED) is 0.856. The van der Waals surface area contributed by atoms with Crippen LogP contribution in [0.2, 0.25) is 0 Å². The Balaban J connectivity index is 1.64. The molecule has 7 nitrogen and oxygen atoms in total. The maximum atomic E-state index is 13.1. The molecule has 1 N–H and O–H groups in total. The molecule has 1 unspecified atom stereocenters. The number of anilines is 1. The molecule has 2 heterocycles. The minimum atomic E-state index is -0.549. The first-order valence-electron chi connectivity index (χ1n) is 9.64. The smallest absolute Gasteiger partial charge is 0.252 e. The minimum Gasteiger partial charge on any atom is -0.340 e. The van der Waals surface area contributed by atoms with E-state index in [4.69, 9.17) is 0 Å². The standard InChI is InChI=1S/C21H27N5O2/c1-15(2)18(24-19(27)17-8-5-4-7-16(17)3)20(28)25-11-13-26(14-12-25)21-22-9-6-10-23-21/h4-10,15,18H,11-14H2,1-3H3,(H,24,27). The van der Waals surface area contributed by atoms with E-state index in [1.807, 2.05) is 43.9 Å². The summed E-state index contributed by atoms with van der Waals surface area (Å²) in [4.78, 5) is 38.2. The van der Waals surface area contributed by atoms with E-state index in [0.29, 0.717) is 37.7 Å². The van der Waals surface area contributed by atoms with Gasteiger partial charge in [-0.1, -0.05) is 32.0 Å². The van der Waals surface area contributed by atoms with Gasteiger partial charge in [0.2, 0.25) is 11.9 Å². The van der Waals surface area contributed by atoms with E-state index >= 15 is 0 Å². The fourth-order valence-electron chi connectivity index (χ4n) is 3.34. The number of nitrogens with zero attached hydrogens (tertiary/aromatic N) is 4. The van der Waals surface area contributed by atoms with Crippen LogP contribution in [0.3, 0.4) is 0 Å². The minimum absolute atomic E-state index is 0.00375. The zero-order chi connectivity index (χ0) is 20.1. The van der Waals surface area contributed by atoms with Gasteiger partial charge in [0.1, 0.15) is 6.04 Å². The lowest BCUT2D eigenvalue weighted by Gasteiger charge is -2.37. The molecule has 1 atom stereocenters. The molecular weight excluding hydrogens is 354 g/mol. The number of hydrogen-bond donors (Lipinski definition) is 1. The van der Waals surface area contributed by atoms with Crippen LogP contribution >= 0.6 is 0 Å². The van der Waals surface area contributed by atoms with Crippen LogP contribution in [0.25, 0.3) is 0 Å². The molecule has 1 aromatic heterocycles. The first-order valence-corrected chi connectivity index (χ1v) is 9.64. The van der Waals surface area contributed by atoms with Crippen LogP contribution < -0.4 is 10.2 Å². The zero-order valence-corrected chi connectivity index (χ0v) is 16.6. The highest BCUT2D eigenvalue weighted by atomic mass is 16.2. The molecule has 0 radical (unpaired) electrons. The van der Waals surface area contributed by atoms with Crippen LogP contribution in [0.4, 0.5) is 5.95 Å². The van der Waals surface area contributed by atoms with Crippen molar-refractivity contribution in [2.45, 2.75) is 26.8 Å². The van der Waals surface area contributed by atoms with Crippen LogP contribution in [0.15, 0.2) is 42.7 Å². The molecule has 148 valence electrons. The van der Waals surface area contributed by atoms with E-state index in [-0.39, 0.29) is 17.7 Å². The number of nitrogens with one attached hydrogen (secondary N) is 1.